The topological polar surface area (TPSA) is 71.8 Å². The van der Waals surface area contributed by atoms with Crippen molar-refractivity contribution in [3.05, 3.63) is 58.9 Å². The van der Waals surface area contributed by atoms with Crippen molar-refractivity contribution in [3.63, 3.8) is 0 Å². The number of aromatic nitrogens is 3. The Kier molecular flexibility index (Phi) is 5.05. The molecule has 0 spiro atoms. The summed E-state index contributed by atoms with van der Waals surface area (Å²) < 4.78 is 1.79. The van der Waals surface area contributed by atoms with Gasteiger partial charge in [-0.3, -0.25) is 9.48 Å². The standard InChI is InChI=1S/C20H23N5OS/c1-13-18(27-20(24-13)14-6-4-3-5-7-14)11-22-19(26)17-10-21-9-16(17)15-8-23-25(2)12-15/h3-8,12,16-17,21H,9-11H2,1-2H3,(H,22,26)/t16-,17+/m1/s1. The molecule has 1 amide bonds. The van der Waals surface area contributed by atoms with Gasteiger partial charge in [-0.1, -0.05) is 30.3 Å². The maximum Gasteiger partial charge on any atom is 0.225 e. The number of nitrogens with zero attached hydrogens (tertiary/aromatic N) is 3. The van der Waals surface area contributed by atoms with Gasteiger partial charge in [-0.05, 0) is 12.5 Å². The molecule has 4 rings (SSSR count). The average molecular weight is 382 g/mol. The van der Waals surface area contributed by atoms with Gasteiger partial charge in [-0.15, -0.1) is 11.3 Å². The first-order valence-electron chi connectivity index (χ1n) is 9.10. The number of rotatable bonds is 5. The fraction of sp³-hybridized carbons (Fsp3) is 0.350. The highest BCUT2D eigenvalue weighted by molar-refractivity contribution is 7.15. The van der Waals surface area contributed by atoms with E-state index in [4.69, 9.17) is 0 Å². The molecule has 2 N–H and O–H groups in total. The number of aryl methyl sites for hydroxylation is 2. The second kappa shape index (κ2) is 7.62. The first-order chi connectivity index (χ1) is 13.1. The van der Waals surface area contributed by atoms with Gasteiger partial charge in [-0.25, -0.2) is 4.98 Å². The van der Waals surface area contributed by atoms with E-state index >= 15 is 0 Å². The van der Waals surface area contributed by atoms with Crippen molar-refractivity contribution in [3.8, 4) is 10.6 Å². The Balaban J connectivity index is 1.43. The molecule has 2 atom stereocenters. The molecule has 0 saturated carbocycles. The van der Waals surface area contributed by atoms with Crippen LogP contribution in [0.15, 0.2) is 42.7 Å². The molecule has 1 fully saturated rings. The lowest BCUT2D eigenvalue weighted by Crippen LogP contribution is -2.33. The van der Waals surface area contributed by atoms with Crippen molar-refractivity contribution < 1.29 is 4.79 Å². The van der Waals surface area contributed by atoms with Gasteiger partial charge in [0.15, 0.2) is 0 Å². The highest BCUT2D eigenvalue weighted by Gasteiger charge is 2.34. The van der Waals surface area contributed by atoms with Crippen LogP contribution in [-0.2, 0) is 18.4 Å². The second-order valence-corrected chi connectivity index (χ2v) is 8.01. The Morgan fingerprint density at radius 2 is 2.15 bits per heavy atom. The zero-order chi connectivity index (χ0) is 18.8. The van der Waals surface area contributed by atoms with Crippen molar-refractivity contribution in [1.82, 2.24) is 25.4 Å². The van der Waals surface area contributed by atoms with Crippen LogP contribution in [0.2, 0.25) is 0 Å². The Morgan fingerprint density at radius 3 is 2.89 bits per heavy atom. The highest BCUT2D eigenvalue weighted by atomic mass is 32.1. The van der Waals surface area contributed by atoms with Crippen LogP contribution in [0.4, 0.5) is 0 Å². The third-order valence-electron chi connectivity index (χ3n) is 5.04. The van der Waals surface area contributed by atoms with Gasteiger partial charge in [-0.2, -0.15) is 5.10 Å². The van der Waals surface area contributed by atoms with Crippen molar-refractivity contribution in [2.24, 2.45) is 13.0 Å². The minimum absolute atomic E-state index is 0.0731. The summed E-state index contributed by atoms with van der Waals surface area (Å²) in [5.74, 6) is 0.181. The van der Waals surface area contributed by atoms with Gasteiger partial charge in [0.1, 0.15) is 5.01 Å². The zero-order valence-corrected chi connectivity index (χ0v) is 16.3. The van der Waals surface area contributed by atoms with Crippen molar-refractivity contribution in [2.45, 2.75) is 19.4 Å². The third kappa shape index (κ3) is 3.79. The lowest BCUT2D eigenvalue weighted by Gasteiger charge is -2.16. The van der Waals surface area contributed by atoms with Gasteiger partial charge < -0.3 is 10.6 Å². The molecular weight excluding hydrogens is 358 g/mol. The van der Waals surface area contributed by atoms with E-state index in [2.05, 4.69) is 32.8 Å². The SMILES string of the molecule is Cc1nc(-c2ccccc2)sc1CNC(=O)[C@H]1CNC[C@@H]1c1cnn(C)c1. The molecule has 27 heavy (non-hydrogen) atoms. The monoisotopic (exact) mass is 381 g/mol. The van der Waals surface area contributed by atoms with Crippen LogP contribution >= 0.6 is 11.3 Å². The zero-order valence-electron chi connectivity index (χ0n) is 15.5. The molecule has 6 nitrogen and oxygen atoms in total. The minimum Gasteiger partial charge on any atom is -0.351 e. The minimum atomic E-state index is -0.0731. The van der Waals surface area contributed by atoms with E-state index in [-0.39, 0.29) is 17.7 Å². The molecule has 7 heteroatoms. The number of carbonyl (C=O) groups excluding carboxylic acids is 1. The Morgan fingerprint density at radius 1 is 1.33 bits per heavy atom. The first kappa shape index (κ1) is 17.9. The molecule has 0 unspecified atom stereocenters. The summed E-state index contributed by atoms with van der Waals surface area (Å²) in [7, 11) is 1.90. The van der Waals surface area contributed by atoms with E-state index in [0.717, 1.165) is 33.3 Å². The first-order valence-corrected chi connectivity index (χ1v) is 9.92. The van der Waals surface area contributed by atoms with E-state index in [0.29, 0.717) is 13.1 Å². The van der Waals surface area contributed by atoms with Crippen molar-refractivity contribution >= 4 is 17.2 Å². The summed E-state index contributed by atoms with van der Waals surface area (Å²) in [6.07, 6.45) is 3.86. The van der Waals surface area contributed by atoms with Crippen LogP contribution in [0.25, 0.3) is 10.6 Å². The van der Waals surface area contributed by atoms with Crippen molar-refractivity contribution in [1.29, 1.82) is 0 Å². The van der Waals surface area contributed by atoms with Crippen LogP contribution in [0.5, 0.6) is 0 Å². The van der Waals surface area contributed by atoms with Gasteiger partial charge in [0, 0.05) is 42.7 Å². The predicted molar refractivity (Wildman–Crippen MR) is 106 cm³/mol. The molecule has 1 saturated heterocycles. The maximum absolute atomic E-state index is 12.8. The number of hydrogen-bond acceptors (Lipinski definition) is 5. The van der Waals surface area contributed by atoms with E-state index in [1.807, 2.05) is 44.6 Å². The Hall–Kier alpha value is -2.51. The number of nitrogens with one attached hydrogen (secondary N) is 2. The largest absolute Gasteiger partial charge is 0.351 e. The smallest absolute Gasteiger partial charge is 0.225 e. The average Bonchev–Trinajstić information content (AvgIpc) is 3.40. The normalized spacial score (nSPS) is 19.3. The second-order valence-electron chi connectivity index (χ2n) is 6.93. The number of hydrogen-bond donors (Lipinski definition) is 2. The Labute approximate surface area is 162 Å². The molecule has 1 aromatic carbocycles. The summed E-state index contributed by atoms with van der Waals surface area (Å²) in [6.45, 7) is 4.02. The molecule has 3 aromatic rings. The molecule has 0 bridgehead atoms. The molecule has 1 aliphatic heterocycles. The van der Waals surface area contributed by atoms with Crippen LogP contribution in [0, 0.1) is 12.8 Å². The van der Waals surface area contributed by atoms with E-state index < -0.39 is 0 Å². The van der Waals surface area contributed by atoms with Crippen LogP contribution in [-0.4, -0.2) is 33.8 Å². The number of carbonyl (C=O) groups is 1. The maximum atomic E-state index is 12.8. The van der Waals surface area contributed by atoms with Gasteiger partial charge in [0.2, 0.25) is 5.91 Å². The molecular formula is C20H23N5OS. The summed E-state index contributed by atoms with van der Waals surface area (Å²) >= 11 is 1.64. The number of amides is 1. The number of benzene rings is 1. The highest BCUT2D eigenvalue weighted by Crippen LogP contribution is 2.29. The molecule has 1 aliphatic rings. The van der Waals surface area contributed by atoms with Crippen molar-refractivity contribution in [2.75, 3.05) is 13.1 Å². The lowest BCUT2D eigenvalue weighted by atomic mass is 9.90. The van der Waals surface area contributed by atoms with Crippen LogP contribution in [0.3, 0.4) is 0 Å². The Bertz CT molecular complexity index is 933. The quantitative estimate of drug-likeness (QED) is 0.712. The van der Waals surface area contributed by atoms with Gasteiger partial charge in [0.25, 0.3) is 0 Å². The summed E-state index contributed by atoms with van der Waals surface area (Å²) in [4.78, 5) is 18.6. The number of thiazole rings is 1. The summed E-state index contributed by atoms with van der Waals surface area (Å²) in [6, 6.07) is 10.1. The fourth-order valence-corrected chi connectivity index (χ4v) is 4.54. The molecule has 3 heterocycles. The predicted octanol–water partition coefficient (Wildman–Crippen LogP) is 2.47. The van der Waals surface area contributed by atoms with Crippen LogP contribution < -0.4 is 10.6 Å². The van der Waals surface area contributed by atoms with Crippen LogP contribution in [0.1, 0.15) is 22.1 Å². The molecule has 2 aromatic heterocycles. The summed E-state index contributed by atoms with van der Waals surface area (Å²) in [5, 5.41) is 11.7. The fourth-order valence-electron chi connectivity index (χ4n) is 3.53. The summed E-state index contributed by atoms with van der Waals surface area (Å²) in [5.41, 5.74) is 3.20. The van der Waals surface area contributed by atoms with Gasteiger partial charge in [0.05, 0.1) is 24.4 Å². The van der Waals surface area contributed by atoms with E-state index in [1.165, 1.54) is 0 Å². The molecule has 140 valence electrons. The molecule has 0 radical (unpaired) electrons. The van der Waals surface area contributed by atoms with E-state index in [1.54, 1.807) is 16.0 Å². The van der Waals surface area contributed by atoms with Gasteiger partial charge >= 0.3 is 0 Å². The third-order valence-corrected chi connectivity index (χ3v) is 6.25. The lowest BCUT2D eigenvalue weighted by molar-refractivity contribution is -0.125. The van der Waals surface area contributed by atoms with E-state index in [9.17, 15) is 4.79 Å². The molecule has 0 aliphatic carbocycles.